The number of morpholine rings is 1. The van der Waals surface area contributed by atoms with Gasteiger partial charge in [0.05, 0.1) is 12.7 Å². The number of ether oxygens (including phenoxy) is 1. The highest BCUT2D eigenvalue weighted by molar-refractivity contribution is 5.44. The van der Waals surface area contributed by atoms with E-state index in [0.717, 1.165) is 44.8 Å². The van der Waals surface area contributed by atoms with Crippen LogP contribution < -0.4 is 0 Å². The van der Waals surface area contributed by atoms with Crippen LogP contribution in [-0.2, 0) is 24.1 Å². The largest absolute Gasteiger partial charge is 0.508 e. The van der Waals surface area contributed by atoms with E-state index in [1.165, 1.54) is 24.0 Å². The summed E-state index contributed by atoms with van der Waals surface area (Å²) >= 11 is 0. The van der Waals surface area contributed by atoms with Crippen molar-refractivity contribution in [1.29, 1.82) is 0 Å². The summed E-state index contributed by atoms with van der Waals surface area (Å²) in [6.07, 6.45) is 3.85. The average Bonchev–Trinajstić information content (AvgIpc) is 3.06. The van der Waals surface area contributed by atoms with Crippen molar-refractivity contribution >= 4 is 0 Å². The third-order valence-corrected chi connectivity index (χ3v) is 5.34. The summed E-state index contributed by atoms with van der Waals surface area (Å²) < 4.78 is 5.90. The van der Waals surface area contributed by atoms with Gasteiger partial charge in [0.15, 0.2) is 0 Å². The molecule has 0 aromatic heterocycles. The van der Waals surface area contributed by atoms with Gasteiger partial charge in [0.25, 0.3) is 0 Å². The summed E-state index contributed by atoms with van der Waals surface area (Å²) in [7, 11) is 2.19. The first kappa shape index (κ1) is 13.6. The number of aryl methyl sites for hydroxylation is 2. The summed E-state index contributed by atoms with van der Waals surface area (Å²) in [6.45, 7) is 4.72. The second-order valence-electron chi connectivity index (χ2n) is 6.75. The third-order valence-electron chi connectivity index (χ3n) is 5.34. The number of likely N-dealkylation sites (tertiary alicyclic amines) is 1. The average molecular weight is 288 g/mol. The highest BCUT2D eigenvalue weighted by Crippen LogP contribution is 2.31. The summed E-state index contributed by atoms with van der Waals surface area (Å²) in [6, 6.07) is 4.73. The Morgan fingerprint density at radius 1 is 1.24 bits per heavy atom. The van der Waals surface area contributed by atoms with Gasteiger partial charge in [-0.3, -0.25) is 9.80 Å². The Morgan fingerprint density at radius 3 is 2.86 bits per heavy atom. The molecule has 0 saturated carbocycles. The number of nitrogens with zero attached hydrogens (tertiary/aromatic N) is 2. The first-order valence-electron chi connectivity index (χ1n) is 8.08. The SMILES string of the molecule is CN1CCO[C@H]2CN(Cc3cc4c(cc3O)CCC4)C[C@H]21. The maximum atomic E-state index is 10.3. The minimum Gasteiger partial charge on any atom is -0.508 e. The van der Waals surface area contributed by atoms with Gasteiger partial charge in [0.1, 0.15) is 5.75 Å². The van der Waals surface area contributed by atoms with Crippen molar-refractivity contribution in [1.82, 2.24) is 9.80 Å². The Balaban J connectivity index is 1.49. The lowest BCUT2D eigenvalue weighted by atomic mass is 10.0. The van der Waals surface area contributed by atoms with Crippen LogP contribution in [0.25, 0.3) is 0 Å². The van der Waals surface area contributed by atoms with Crippen molar-refractivity contribution in [3.05, 3.63) is 28.8 Å². The number of likely N-dealkylation sites (N-methyl/N-ethyl adjacent to an activating group) is 1. The first-order chi connectivity index (χ1) is 10.2. The van der Waals surface area contributed by atoms with Crippen molar-refractivity contribution in [3.63, 3.8) is 0 Å². The zero-order valence-electron chi connectivity index (χ0n) is 12.7. The molecule has 1 aliphatic carbocycles. The highest BCUT2D eigenvalue weighted by Gasteiger charge is 2.38. The Morgan fingerprint density at radius 2 is 2.05 bits per heavy atom. The van der Waals surface area contributed by atoms with Crippen molar-refractivity contribution < 1.29 is 9.84 Å². The number of benzene rings is 1. The van der Waals surface area contributed by atoms with E-state index in [1.54, 1.807) is 0 Å². The number of phenols is 1. The standard InChI is InChI=1S/C17H24N2O2/c1-18-5-6-21-17-11-19(10-15(17)18)9-14-7-12-3-2-4-13(12)8-16(14)20/h7-8,15,17,20H,2-6,9-11H2,1H3/t15-,17+/m1/s1. The van der Waals surface area contributed by atoms with Gasteiger partial charge in [-0.15, -0.1) is 0 Å². The molecule has 2 fully saturated rings. The van der Waals surface area contributed by atoms with Crippen LogP contribution in [0, 0.1) is 0 Å². The highest BCUT2D eigenvalue weighted by atomic mass is 16.5. The second kappa shape index (κ2) is 5.27. The van der Waals surface area contributed by atoms with Gasteiger partial charge >= 0.3 is 0 Å². The number of hydrogen-bond donors (Lipinski definition) is 1. The summed E-state index contributed by atoms with van der Waals surface area (Å²) in [5.41, 5.74) is 3.86. The van der Waals surface area contributed by atoms with Crippen molar-refractivity contribution in [3.8, 4) is 5.75 Å². The van der Waals surface area contributed by atoms with Crippen molar-refractivity contribution in [2.75, 3.05) is 33.3 Å². The number of aromatic hydroxyl groups is 1. The third kappa shape index (κ3) is 2.45. The fourth-order valence-corrected chi connectivity index (χ4v) is 4.09. The maximum Gasteiger partial charge on any atom is 0.120 e. The summed E-state index contributed by atoms with van der Waals surface area (Å²) in [5, 5.41) is 10.3. The monoisotopic (exact) mass is 288 g/mol. The molecule has 4 heteroatoms. The van der Waals surface area contributed by atoms with E-state index < -0.39 is 0 Å². The molecule has 3 aliphatic rings. The molecule has 2 heterocycles. The molecule has 2 saturated heterocycles. The maximum absolute atomic E-state index is 10.3. The topological polar surface area (TPSA) is 35.9 Å². The van der Waals surface area contributed by atoms with E-state index in [1.807, 2.05) is 6.07 Å². The molecule has 4 rings (SSSR count). The molecular weight excluding hydrogens is 264 g/mol. The van der Waals surface area contributed by atoms with Crippen LogP contribution >= 0.6 is 0 Å². The molecular formula is C17H24N2O2. The molecule has 0 radical (unpaired) electrons. The fraction of sp³-hybridized carbons (Fsp3) is 0.647. The zero-order chi connectivity index (χ0) is 14.4. The van der Waals surface area contributed by atoms with Crippen LogP contribution in [-0.4, -0.2) is 60.3 Å². The van der Waals surface area contributed by atoms with Gasteiger partial charge in [-0.1, -0.05) is 6.07 Å². The molecule has 0 unspecified atom stereocenters. The van der Waals surface area contributed by atoms with E-state index >= 15 is 0 Å². The van der Waals surface area contributed by atoms with Crippen LogP contribution in [0.1, 0.15) is 23.1 Å². The Kier molecular flexibility index (Phi) is 3.40. The van der Waals surface area contributed by atoms with E-state index in [-0.39, 0.29) is 0 Å². The van der Waals surface area contributed by atoms with Gasteiger partial charge in [-0.05, 0) is 43.5 Å². The molecule has 0 spiro atoms. The van der Waals surface area contributed by atoms with Gasteiger partial charge in [-0.25, -0.2) is 0 Å². The minimum absolute atomic E-state index is 0.334. The van der Waals surface area contributed by atoms with E-state index in [2.05, 4.69) is 22.9 Å². The van der Waals surface area contributed by atoms with E-state index in [4.69, 9.17) is 4.74 Å². The summed E-state index contributed by atoms with van der Waals surface area (Å²) in [4.78, 5) is 4.84. The molecule has 1 N–H and O–H groups in total. The molecule has 1 aromatic carbocycles. The minimum atomic E-state index is 0.334. The van der Waals surface area contributed by atoms with Crippen molar-refractivity contribution in [2.24, 2.45) is 0 Å². The summed E-state index contributed by atoms with van der Waals surface area (Å²) in [5.74, 6) is 0.472. The van der Waals surface area contributed by atoms with Crippen LogP contribution in [0.4, 0.5) is 0 Å². The fourth-order valence-electron chi connectivity index (χ4n) is 4.09. The zero-order valence-corrected chi connectivity index (χ0v) is 12.7. The lowest BCUT2D eigenvalue weighted by Gasteiger charge is -2.33. The molecule has 21 heavy (non-hydrogen) atoms. The van der Waals surface area contributed by atoms with Gasteiger partial charge in [0.2, 0.25) is 0 Å². The molecule has 2 aliphatic heterocycles. The predicted octanol–water partition coefficient (Wildman–Crippen LogP) is 1.40. The van der Waals surface area contributed by atoms with Crippen LogP contribution in [0.15, 0.2) is 12.1 Å². The number of rotatable bonds is 2. The predicted molar refractivity (Wildman–Crippen MR) is 81.6 cm³/mol. The van der Waals surface area contributed by atoms with Gasteiger partial charge in [-0.2, -0.15) is 0 Å². The first-order valence-corrected chi connectivity index (χ1v) is 8.08. The quantitative estimate of drug-likeness (QED) is 0.892. The second-order valence-corrected chi connectivity index (χ2v) is 6.75. The van der Waals surface area contributed by atoms with Gasteiger partial charge < -0.3 is 9.84 Å². The number of phenolic OH excluding ortho intramolecular Hbond substituents is 1. The molecule has 4 nitrogen and oxygen atoms in total. The Labute approximate surface area is 126 Å². The number of fused-ring (bicyclic) bond motifs is 2. The van der Waals surface area contributed by atoms with Crippen LogP contribution in [0.3, 0.4) is 0 Å². The van der Waals surface area contributed by atoms with Crippen molar-refractivity contribution in [2.45, 2.75) is 38.0 Å². The molecule has 114 valence electrons. The molecule has 1 aromatic rings. The normalized spacial score (nSPS) is 29.6. The molecule has 0 amide bonds. The Bertz CT molecular complexity index is 546. The Hall–Kier alpha value is -1.10. The van der Waals surface area contributed by atoms with E-state index in [0.29, 0.717) is 17.9 Å². The lowest BCUT2D eigenvalue weighted by Crippen LogP contribution is -2.48. The number of hydrogen-bond acceptors (Lipinski definition) is 4. The lowest BCUT2D eigenvalue weighted by molar-refractivity contribution is -0.0370. The smallest absolute Gasteiger partial charge is 0.120 e. The molecule has 0 bridgehead atoms. The van der Waals surface area contributed by atoms with Crippen LogP contribution in [0.2, 0.25) is 0 Å². The van der Waals surface area contributed by atoms with Gasteiger partial charge in [0, 0.05) is 37.8 Å². The molecule has 2 atom stereocenters. The van der Waals surface area contributed by atoms with Crippen LogP contribution in [0.5, 0.6) is 5.75 Å². The van der Waals surface area contributed by atoms with E-state index in [9.17, 15) is 5.11 Å².